The Kier molecular flexibility index (Phi) is 9.68. The maximum absolute atomic E-state index is 12.9. The van der Waals surface area contributed by atoms with Crippen LogP contribution < -0.4 is 9.47 Å². The van der Waals surface area contributed by atoms with Crippen LogP contribution in [0.5, 0.6) is 17.2 Å². The molecule has 0 aliphatic carbocycles. The van der Waals surface area contributed by atoms with Gasteiger partial charge in [0, 0.05) is 18.6 Å². The summed E-state index contributed by atoms with van der Waals surface area (Å²) in [6, 6.07) is 2.10. The largest absolute Gasteiger partial charge is 0.507 e. The number of phenolic OH excluding ortho intramolecular Hbond substituents is 1. The number of rotatable bonds is 9. The van der Waals surface area contributed by atoms with Crippen molar-refractivity contribution < 1.29 is 69.7 Å². The van der Waals surface area contributed by atoms with E-state index in [0.717, 1.165) is 12.1 Å². The third-order valence-corrected chi connectivity index (χ3v) is 6.12. The summed E-state index contributed by atoms with van der Waals surface area (Å²) < 4.78 is 21.8. The molecule has 0 saturated carbocycles. The lowest BCUT2D eigenvalue weighted by Crippen LogP contribution is -2.60. The van der Waals surface area contributed by atoms with Crippen LogP contribution in [0.3, 0.4) is 0 Å². The number of hydrogen-bond acceptors (Lipinski definition) is 14. The average Bonchev–Trinajstić information content (AvgIpc) is 2.84. The fourth-order valence-corrected chi connectivity index (χ4v) is 4.08. The van der Waals surface area contributed by atoms with Crippen molar-refractivity contribution in [2.75, 3.05) is 13.2 Å². The number of aliphatic hydroxyl groups is 8. The van der Waals surface area contributed by atoms with Crippen molar-refractivity contribution in [3.8, 4) is 17.2 Å². The summed E-state index contributed by atoms with van der Waals surface area (Å²) >= 11 is 0. The number of carbonyl (C=O) groups is 1. The minimum atomic E-state index is -1.82. The van der Waals surface area contributed by atoms with Gasteiger partial charge in [-0.25, -0.2) is 0 Å². The molecule has 2 fully saturated rings. The molecule has 2 heterocycles. The number of hydrogen-bond donors (Lipinski definition) is 9. The van der Waals surface area contributed by atoms with Gasteiger partial charge in [0.25, 0.3) is 0 Å². The van der Waals surface area contributed by atoms with Crippen LogP contribution >= 0.6 is 0 Å². The van der Waals surface area contributed by atoms with E-state index in [1.54, 1.807) is 13.8 Å². The monoisotopic (exact) mass is 534 g/mol. The Morgan fingerprint density at radius 1 is 0.811 bits per heavy atom. The molecule has 10 atom stereocenters. The number of ether oxygens (including phenoxy) is 4. The molecule has 1 aromatic rings. The van der Waals surface area contributed by atoms with Crippen LogP contribution in [0.2, 0.25) is 0 Å². The molecule has 0 amide bonds. The van der Waals surface area contributed by atoms with Crippen LogP contribution in [-0.2, 0) is 9.47 Å². The van der Waals surface area contributed by atoms with Crippen molar-refractivity contribution in [1.82, 2.24) is 0 Å². The number of carbonyl (C=O) groups excluding carboxylic acids is 1. The second-order valence-electron chi connectivity index (χ2n) is 9.47. The first kappa shape index (κ1) is 29.4. The van der Waals surface area contributed by atoms with Crippen molar-refractivity contribution in [2.45, 2.75) is 81.7 Å². The molecule has 0 radical (unpaired) electrons. The predicted molar refractivity (Wildman–Crippen MR) is 121 cm³/mol. The zero-order valence-corrected chi connectivity index (χ0v) is 20.2. The van der Waals surface area contributed by atoms with Gasteiger partial charge in [-0.2, -0.15) is 0 Å². The fourth-order valence-electron chi connectivity index (χ4n) is 4.08. The van der Waals surface area contributed by atoms with Crippen LogP contribution in [0, 0.1) is 5.92 Å². The second-order valence-corrected chi connectivity index (χ2v) is 9.47. The summed E-state index contributed by atoms with van der Waals surface area (Å²) in [4.78, 5) is 12.9. The Bertz CT molecular complexity index is 921. The summed E-state index contributed by atoms with van der Waals surface area (Å²) in [7, 11) is 0. The van der Waals surface area contributed by atoms with Crippen molar-refractivity contribution in [2.24, 2.45) is 5.92 Å². The third-order valence-electron chi connectivity index (χ3n) is 6.12. The number of Topliss-reactive ketones (excluding diaryl/α,β-unsaturated/α-hetero) is 1. The first-order valence-electron chi connectivity index (χ1n) is 11.7. The maximum Gasteiger partial charge on any atom is 0.229 e. The fraction of sp³-hybridized carbons (Fsp3) is 0.696. The molecule has 2 saturated heterocycles. The number of ketones is 1. The molecule has 1 aromatic carbocycles. The summed E-state index contributed by atoms with van der Waals surface area (Å²) in [5.41, 5.74) is -0.313. The minimum absolute atomic E-state index is 0.00842. The predicted octanol–water partition coefficient (Wildman–Crippen LogP) is -3.02. The number of aliphatic hydroxyl groups excluding tert-OH is 8. The molecular formula is C23H34O14. The van der Waals surface area contributed by atoms with E-state index in [1.165, 1.54) is 0 Å². The van der Waals surface area contributed by atoms with E-state index in [9.17, 15) is 50.8 Å². The Hall–Kier alpha value is -2.11. The van der Waals surface area contributed by atoms with Crippen molar-refractivity contribution >= 4 is 5.78 Å². The normalized spacial score (nSPS) is 36.4. The maximum atomic E-state index is 12.9. The van der Waals surface area contributed by atoms with Crippen LogP contribution in [0.4, 0.5) is 0 Å². The zero-order chi connectivity index (χ0) is 27.6. The van der Waals surface area contributed by atoms with Gasteiger partial charge < -0.3 is 64.9 Å². The van der Waals surface area contributed by atoms with Crippen LogP contribution in [0.1, 0.15) is 30.6 Å². The van der Waals surface area contributed by atoms with Crippen molar-refractivity contribution in [3.63, 3.8) is 0 Å². The van der Waals surface area contributed by atoms with Gasteiger partial charge in [0.1, 0.15) is 71.6 Å². The van der Waals surface area contributed by atoms with Gasteiger partial charge in [0.15, 0.2) is 5.78 Å². The molecule has 3 rings (SSSR count). The molecule has 2 aliphatic heterocycles. The highest BCUT2D eigenvalue weighted by Gasteiger charge is 2.46. The van der Waals surface area contributed by atoms with Gasteiger partial charge in [-0.1, -0.05) is 13.8 Å². The topological polar surface area (TPSA) is 236 Å². The van der Waals surface area contributed by atoms with Crippen LogP contribution in [0.15, 0.2) is 12.1 Å². The molecule has 37 heavy (non-hydrogen) atoms. The summed E-state index contributed by atoms with van der Waals surface area (Å²) in [6.07, 6.45) is -16.3. The Labute approximate surface area is 211 Å². The zero-order valence-electron chi connectivity index (χ0n) is 20.2. The van der Waals surface area contributed by atoms with Gasteiger partial charge in [-0.15, -0.1) is 0 Å². The Morgan fingerprint density at radius 3 is 1.76 bits per heavy atom. The van der Waals surface area contributed by atoms with E-state index in [2.05, 4.69) is 0 Å². The quantitative estimate of drug-likeness (QED) is 0.143. The lowest BCUT2D eigenvalue weighted by atomic mass is 9.98. The third kappa shape index (κ3) is 6.31. The Morgan fingerprint density at radius 2 is 1.30 bits per heavy atom. The highest BCUT2D eigenvalue weighted by atomic mass is 16.7. The van der Waals surface area contributed by atoms with E-state index >= 15 is 0 Å². The first-order valence-corrected chi connectivity index (χ1v) is 11.7. The second kappa shape index (κ2) is 12.2. The SMILES string of the molecule is CC(C)CC(=O)c1c(O)cc(OC2OC(CO)C(O)C(O)C2O)cc1OC1OC(CO)C(O)C(O)C1O. The minimum Gasteiger partial charge on any atom is -0.507 e. The molecule has 0 bridgehead atoms. The molecule has 14 heteroatoms. The van der Waals surface area contributed by atoms with E-state index in [-0.39, 0.29) is 29.4 Å². The Balaban J connectivity index is 1.95. The van der Waals surface area contributed by atoms with E-state index in [0.29, 0.717) is 0 Å². The average molecular weight is 535 g/mol. The molecule has 10 unspecified atom stereocenters. The van der Waals surface area contributed by atoms with Crippen LogP contribution in [-0.4, -0.2) is 126 Å². The number of benzene rings is 1. The molecule has 2 aliphatic rings. The van der Waals surface area contributed by atoms with Gasteiger partial charge >= 0.3 is 0 Å². The van der Waals surface area contributed by atoms with Gasteiger partial charge in [-0.05, 0) is 5.92 Å². The lowest BCUT2D eigenvalue weighted by molar-refractivity contribution is -0.278. The number of phenols is 1. The first-order chi connectivity index (χ1) is 17.4. The summed E-state index contributed by atoms with van der Waals surface area (Å²) in [6.45, 7) is 2.10. The van der Waals surface area contributed by atoms with E-state index in [4.69, 9.17) is 18.9 Å². The highest BCUT2D eigenvalue weighted by Crippen LogP contribution is 2.38. The molecule has 9 N–H and O–H groups in total. The number of aromatic hydroxyl groups is 1. The molecule has 14 nitrogen and oxygen atoms in total. The van der Waals surface area contributed by atoms with Gasteiger partial charge in [-0.3, -0.25) is 4.79 Å². The highest BCUT2D eigenvalue weighted by molar-refractivity contribution is 6.01. The van der Waals surface area contributed by atoms with E-state index in [1.807, 2.05) is 0 Å². The van der Waals surface area contributed by atoms with Crippen LogP contribution in [0.25, 0.3) is 0 Å². The van der Waals surface area contributed by atoms with Crippen molar-refractivity contribution in [3.05, 3.63) is 17.7 Å². The summed E-state index contributed by atoms with van der Waals surface area (Å²) in [5, 5.41) is 90.1. The molecule has 0 aromatic heterocycles. The lowest BCUT2D eigenvalue weighted by Gasteiger charge is -2.40. The summed E-state index contributed by atoms with van der Waals surface area (Å²) in [5.74, 6) is -1.90. The van der Waals surface area contributed by atoms with Gasteiger partial charge in [0.05, 0.1) is 13.2 Å². The molecular weight excluding hydrogens is 500 g/mol. The smallest absolute Gasteiger partial charge is 0.229 e. The van der Waals surface area contributed by atoms with Gasteiger partial charge in [0.2, 0.25) is 12.6 Å². The standard InChI is InChI=1S/C23H34O14/c1-8(2)3-10(26)15-11(27)4-9(34-22-20(32)18(30)16(28)13(6-24)36-22)5-12(15)35-23-21(33)19(31)17(29)14(7-25)37-23/h4-5,8,13-14,16-25,27-33H,3,6-7H2,1-2H3. The molecule has 0 spiro atoms. The van der Waals surface area contributed by atoms with E-state index < -0.39 is 86.2 Å². The molecule has 210 valence electrons. The van der Waals surface area contributed by atoms with Crippen molar-refractivity contribution in [1.29, 1.82) is 0 Å².